The Morgan fingerprint density at radius 3 is 2.57 bits per heavy atom. The Labute approximate surface area is 186 Å². The van der Waals surface area contributed by atoms with E-state index in [1.807, 2.05) is 12.1 Å². The van der Waals surface area contributed by atoms with Crippen LogP contribution in [0.15, 0.2) is 27.8 Å². The minimum atomic E-state index is 0. The number of halogens is 1. The van der Waals surface area contributed by atoms with Gasteiger partial charge in [0.05, 0.1) is 11.9 Å². The van der Waals surface area contributed by atoms with Gasteiger partial charge < -0.3 is 19.8 Å². The molecule has 5 nitrogen and oxygen atoms in total. The Hall–Kier alpha value is -0.760. The van der Waals surface area contributed by atoms with Crippen LogP contribution in [0.1, 0.15) is 76.4 Å². The lowest BCUT2D eigenvalue weighted by molar-refractivity contribution is -0.0815. The van der Waals surface area contributed by atoms with Crippen LogP contribution in [0.3, 0.4) is 0 Å². The van der Waals surface area contributed by atoms with Crippen molar-refractivity contribution in [2.75, 3.05) is 13.2 Å². The predicted molar refractivity (Wildman–Crippen MR) is 123 cm³/mol. The van der Waals surface area contributed by atoms with Crippen molar-refractivity contribution in [1.29, 1.82) is 0 Å². The zero-order valence-corrected chi connectivity index (χ0v) is 19.3. The van der Waals surface area contributed by atoms with Crippen molar-refractivity contribution in [3.63, 3.8) is 0 Å². The standard InChI is InChI=1S/C22H35N3O2.HI/c1-2-7-18(8-3-1)24-21(23-14-10-20-9-6-15-26-20)25-19-11-16-27-22(17-19)12-4-5-13-22;/h6,9,15,18-19H,1-5,7-8,10-14,16-17H2,(H2,23,24,25);1H. The second-order valence-corrected chi connectivity index (χ2v) is 8.61. The molecule has 0 aromatic carbocycles. The van der Waals surface area contributed by atoms with Crippen LogP contribution in [0.4, 0.5) is 0 Å². The molecule has 1 saturated heterocycles. The molecule has 1 aromatic heterocycles. The summed E-state index contributed by atoms with van der Waals surface area (Å²) in [5.41, 5.74) is 0.139. The van der Waals surface area contributed by atoms with E-state index in [1.165, 1.54) is 57.8 Å². The molecule has 6 heteroatoms. The molecule has 0 bridgehead atoms. The normalized spacial score (nSPS) is 25.4. The first-order chi connectivity index (χ1) is 13.3. The van der Waals surface area contributed by atoms with Gasteiger partial charge in [0, 0.05) is 31.7 Å². The third-order valence-electron chi connectivity index (χ3n) is 6.50. The molecule has 0 amide bonds. The van der Waals surface area contributed by atoms with E-state index >= 15 is 0 Å². The fourth-order valence-corrected chi connectivity index (χ4v) is 5.02. The van der Waals surface area contributed by atoms with E-state index in [-0.39, 0.29) is 29.6 Å². The van der Waals surface area contributed by atoms with Gasteiger partial charge in [-0.15, -0.1) is 24.0 Å². The molecule has 4 rings (SSSR count). The summed E-state index contributed by atoms with van der Waals surface area (Å²) in [5.74, 6) is 2.00. The summed E-state index contributed by atoms with van der Waals surface area (Å²) in [6.45, 7) is 1.63. The molecule has 1 atom stereocenters. The number of hydrogen-bond acceptors (Lipinski definition) is 3. The van der Waals surface area contributed by atoms with Gasteiger partial charge in [0.1, 0.15) is 5.76 Å². The third-order valence-corrected chi connectivity index (χ3v) is 6.50. The van der Waals surface area contributed by atoms with E-state index in [9.17, 15) is 0 Å². The van der Waals surface area contributed by atoms with Gasteiger partial charge >= 0.3 is 0 Å². The van der Waals surface area contributed by atoms with E-state index in [0.29, 0.717) is 12.1 Å². The van der Waals surface area contributed by atoms with E-state index in [2.05, 4.69) is 10.6 Å². The van der Waals surface area contributed by atoms with Crippen molar-refractivity contribution < 1.29 is 9.15 Å². The maximum absolute atomic E-state index is 6.21. The average molecular weight is 501 g/mol. The first-order valence-electron chi connectivity index (χ1n) is 11.1. The number of furan rings is 1. The monoisotopic (exact) mass is 501 g/mol. The zero-order valence-electron chi connectivity index (χ0n) is 17.0. The summed E-state index contributed by atoms with van der Waals surface area (Å²) in [7, 11) is 0. The van der Waals surface area contributed by atoms with Crippen molar-refractivity contribution in [1.82, 2.24) is 10.6 Å². The number of nitrogens with zero attached hydrogens (tertiary/aromatic N) is 1. The minimum Gasteiger partial charge on any atom is -0.469 e. The van der Waals surface area contributed by atoms with Crippen LogP contribution in [-0.2, 0) is 11.2 Å². The van der Waals surface area contributed by atoms with Crippen molar-refractivity contribution in [3.05, 3.63) is 24.2 Å². The fourth-order valence-electron chi connectivity index (χ4n) is 5.02. The molecule has 2 saturated carbocycles. The molecule has 3 aliphatic rings. The van der Waals surface area contributed by atoms with Crippen molar-refractivity contribution in [2.45, 2.75) is 94.7 Å². The lowest BCUT2D eigenvalue weighted by Crippen LogP contribution is -2.52. The third kappa shape index (κ3) is 6.12. The molecule has 2 heterocycles. The molecule has 2 aliphatic carbocycles. The summed E-state index contributed by atoms with van der Waals surface area (Å²) in [5, 5.41) is 7.49. The van der Waals surface area contributed by atoms with Gasteiger partial charge in [-0.05, 0) is 50.7 Å². The fraction of sp³-hybridized carbons (Fsp3) is 0.773. The van der Waals surface area contributed by atoms with Crippen molar-refractivity contribution in [3.8, 4) is 0 Å². The Morgan fingerprint density at radius 1 is 1.04 bits per heavy atom. The highest BCUT2D eigenvalue weighted by atomic mass is 127. The summed E-state index contributed by atoms with van der Waals surface area (Å²) in [6.07, 6.45) is 16.4. The SMILES string of the molecule is I.c1coc(CCN=C(NC2CCCCC2)NC2CCOC3(CCCC3)C2)c1. The molecule has 0 radical (unpaired) electrons. The molecule has 1 unspecified atom stereocenters. The van der Waals surface area contributed by atoms with Gasteiger partial charge in [0.2, 0.25) is 0 Å². The predicted octanol–water partition coefficient (Wildman–Crippen LogP) is 4.80. The maximum Gasteiger partial charge on any atom is 0.191 e. The molecule has 158 valence electrons. The Balaban J connectivity index is 0.00000225. The molecule has 2 N–H and O–H groups in total. The molecule has 28 heavy (non-hydrogen) atoms. The molecule has 1 aliphatic heterocycles. The quantitative estimate of drug-likeness (QED) is 0.346. The lowest BCUT2D eigenvalue weighted by atomic mass is 9.89. The second-order valence-electron chi connectivity index (χ2n) is 8.61. The number of rotatable bonds is 5. The lowest BCUT2D eigenvalue weighted by Gasteiger charge is -2.39. The topological polar surface area (TPSA) is 58.8 Å². The van der Waals surface area contributed by atoms with Crippen LogP contribution in [0.2, 0.25) is 0 Å². The summed E-state index contributed by atoms with van der Waals surface area (Å²) >= 11 is 0. The molecular formula is C22H36IN3O2. The van der Waals surface area contributed by atoms with Crippen LogP contribution in [-0.4, -0.2) is 36.8 Å². The minimum absolute atomic E-state index is 0. The van der Waals surface area contributed by atoms with Crippen LogP contribution >= 0.6 is 24.0 Å². The molecule has 3 fully saturated rings. The highest BCUT2D eigenvalue weighted by Crippen LogP contribution is 2.39. The first-order valence-corrected chi connectivity index (χ1v) is 11.1. The molecule has 1 spiro atoms. The van der Waals surface area contributed by atoms with Crippen LogP contribution in [0.5, 0.6) is 0 Å². The van der Waals surface area contributed by atoms with Crippen LogP contribution in [0.25, 0.3) is 0 Å². The van der Waals surface area contributed by atoms with Crippen molar-refractivity contribution >= 4 is 29.9 Å². The number of guanidine groups is 1. The molecular weight excluding hydrogens is 465 g/mol. The van der Waals surface area contributed by atoms with Gasteiger partial charge in [-0.1, -0.05) is 32.1 Å². The summed E-state index contributed by atoms with van der Waals surface area (Å²) in [6, 6.07) is 5.00. The molecule has 1 aromatic rings. The van der Waals surface area contributed by atoms with Crippen LogP contribution < -0.4 is 10.6 Å². The van der Waals surface area contributed by atoms with Gasteiger partial charge in [-0.2, -0.15) is 0 Å². The van der Waals surface area contributed by atoms with Gasteiger partial charge in [-0.25, -0.2) is 0 Å². The van der Waals surface area contributed by atoms with Crippen molar-refractivity contribution in [2.24, 2.45) is 4.99 Å². The smallest absolute Gasteiger partial charge is 0.191 e. The average Bonchev–Trinajstić information content (AvgIpc) is 3.35. The Morgan fingerprint density at radius 2 is 1.82 bits per heavy atom. The van der Waals surface area contributed by atoms with Gasteiger partial charge in [-0.3, -0.25) is 4.99 Å². The van der Waals surface area contributed by atoms with Gasteiger partial charge in [0.25, 0.3) is 0 Å². The zero-order chi connectivity index (χ0) is 18.4. The summed E-state index contributed by atoms with van der Waals surface area (Å²) in [4.78, 5) is 4.90. The highest BCUT2D eigenvalue weighted by molar-refractivity contribution is 14.0. The second kappa shape index (κ2) is 10.9. The highest BCUT2D eigenvalue weighted by Gasteiger charge is 2.40. The van der Waals surface area contributed by atoms with Crippen LogP contribution in [0, 0.1) is 0 Å². The maximum atomic E-state index is 6.21. The van der Waals surface area contributed by atoms with E-state index in [4.69, 9.17) is 14.1 Å². The number of ether oxygens (including phenoxy) is 1. The van der Waals surface area contributed by atoms with E-state index in [1.54, 1.807) is 6.26 Å². The largest absolute Gasteiger partial charge is 0.469 e. The number of nitrogens with one attached hydrogen (secondary N) is 2. The summed E-state index contributed by atoms with van der Waals surface area (Å²) < 4.78 is 11.7. The first kappa shape index (κ1) is 21.9. The van der Waals surface area contributed by atoms with E-state index < -0.39 is 0 Å². The van der Waals surface area contributed by atoms with Gasteiger partial charge in [0.15, 0.2) is 5.96 Å². The Bertz CT molecular complexity index is 593. The van der Waals surface area contributed by atoms with E-state index in [0.717, 1.165) is 44.1 Å². The number of hydrogen-bond donors (Lipinski definition) is 2. The Kier molecular flexibility index (Phi) is 8.51. The number of aliphatic imine (C=N–C) groups is 1.